The Bertz CT molecular complexity index is 360. The lowest BCUT2D eigenvalue weighted by Crippen LogP contribution is -2.22. The van der Waals surface area contributed by atoms with Gasteiger partial charge in [0.2, 0.25) is 0 Å². The first-order chi connectivity index (χ1) is 8.01. The fourth-order valence-corrected chi connectivity index (χ4v) is 1.96. The number of rotatable bonds is 5. The van der Waals surface area contributed by atoms with Crippen LogP contribution in [0.15, 0.2) is 18.2 Å². The van der Waals surface area contributed by atoms with Gasteiger partial charge in [-0.2, -0.15) is 0 Å². The Kier molecular flexibility index (Phi) is 4.82. The van der Waals surface area contributed by atoms with Crippen molar-refractivity contribution < 1.29 is 14.6 Å². The van der Waals surface area contributed by atoms with E-state index in [1.165, 1.54) is 0 Å². The van der Waals surface area contributed by atoms with Crippen molar-refractivity contribution in [2.75, 3.05) is 14.2 Å². The second kappa shape index (κ2) is 5.92. The van der Waals surface area contributed by atoms with Crippen molar-refractivity contribution in [3.05, 3.63) is 23.8 Å². The molecule has 2 unspecified atom stereocenters. The molecule has 0 radical (unpaired) electrons. The minimum atomic E-state index is -0.393. The van der Waals surface area contributed by atoms with Crippen molar-refractivity contribution in [3.63, 3.8) is 0 Å². The monoisotopic (exact) mass is 238 g/mol. The first kappa shape index (κ1) is 13.8. The van der Waals surface area contributed by atoms with Crippen molar-refractivity contribution >= 4 is 0 Å². The summed E-state index contributed by atoms with van der Waals surface area (Å²) in [4.78, 5) is 0. The summed E-state index contributed by atoms with van der Waals surface area (Å²) in [5, 5.41) is 10.1. The number of aliphatic hydroxyl groups is 1. The van der Waals surface area contributed by atoms with Gasteiger partial charge < -0.3 is 14.6 Å². The van der Waals surface area contributed by atoms with Crippen molar-refractivity contribution in [2.24, 2.45) is 5.92 Å². The number of aliphatic hydroxyl groups excluding tert-OH is 1. The molecule has 1 aromatic rings. The molecule has 0 aromatic heterocycles. The highest BCUT2D eigenvalue weighted by Gasteiger charge is 2.22. The zero-order chi connectivity index (χ0) is 13.0. The van der Waals surface area contributed by atoms with E-state index in [9.17, 15) is 5.11 Å². The normalized spacial score (nSPS) is 14.5. The molecule has 0 aliphatic carbocycles. The van der Waals surface area contributed by atoms with Crippen LogP contribution in [0.1, 0.15) is 32.3 Å². The van der Waals surface area contributed by atoms with E-state index in [0.29, 0.717) is 0 Å². The van der Waals surface area contributed by atoms with E-state index in [1.807, 2.05) is 39.0 Å². The largest absolute Gasteiger partial charge is 0.497 e. The summed E-state index contributed by atoms with van der Waals surface area (Å²) < 4.78 is 10.5. The van der Waals surface area contributed by atoms with Gasteiger partial charge in [-0.25, -0.2) is 0 Å². The Morgan fingerprint density at radius 1 is 1.06 bits per heavy atom. The maximum Gasteiger partial charge on any atom is 0.122 e. The summed E-state index contributed by atoms with van der Waals surface area (Å²) in [7, 11) is 3.27. The van der Waals surface area contributed by atoms with E-state index >= 15 is 0 Å². The molecule has 0 saturated carbocycles. The fraction of sp³-hybridized carbons (Fsp3) is 0.571. The van der Waals surface area contributed by atoms with Crippen LogP contribution in [0.25, 0.3) is 0 Å². The molecule has 0 aliphatic heterocycles. The number of benzene rings is 1. The molecule has 1 aromatic carbocycles. The lowest BCUT2D eigenvalue weighted by molar-refractivity contribution is 0.101. The Balaban J connectivity index is 3.09. The molecular formula is C14H22O3. The number of hydrogen-bond acceptors (Lipinski definition) is 3. The molecule has 3 nitrogen and oxygen atoms in total. The Morgan fingerprint density at radius 2 is 1.71 bits per heavy atom. The van der Waals surface area contributed by atoms with Crippen LogP contribution in [0.4, 0.5) is 0 Å². The Morgan fingerprint density at radius 3 is 2.18 bits per heavy atom. The van der Waals surface area contributed by atoms with Gasteiger partial charge in [-0.15, -0.1) is 0 Å². The van der Waals surface area contributed by atoms with Gasteiger partial charge in [-0.05, 0) is 24.1 Å². The lowest BCUT2D eigenvalue weighted by atomic mass is 9.88. The predicted molar refractivity (Wildman–Crippen MR) is 68.8 cm³/mol. The minimum Gasteiger partial charge on any atom is -0.497 e. The third-order valence-corrected chi connectivity index (χ3v) is 3.12. The van der Waals surface area contributed by atoms with Crippen LogP contribution >= 0.6 is 0 Å². The van der Waals surface area contributed by atoms with Gasteiger partial charge in [-0.3, -0.25) is 0 Å². The average molecular weight is 238 g/mol. The zero-order valence-corrected chi connectivity index (χ0v) is 11.2. The van der Waals surface area contributed by atoms with E-state index < -0.39 is 6.10 Å². The van der Waals surface area contributed by atoms with Crippen LogP contribution in [0.3, 0.4) is 0 Å². The maximum atomic E-state index is 10.1. The van der Waals surface area contributed by atoms with Crippen molar-refractivity contribution in [1.29, 1.82) is 0 Å². The minimum absolute atomic E-state index is 0.0139. The highest BCUT2D eigenvalue weighted by molar-refractivity contribution is 5.42. The van der Waals surface area contributed by atoms with Gasteiger partial charge in [-0.1, -0.05) is 20.8 Å². The fourth-order valence-electron chi connectivity index (χ4n) is 1.96. The average Bonchev–Trinajstić information content (AvgIpc) is 2.35. The van der Waals surface area contributed by atoms with Crippen LogP contribution in [0.2, 0.25) is 0 Å². The molecule has 17 heavy (non-hydrogen) atoms. The second-order valence-corrected chi connectivity index (χ2v) is 4.63. The molecule has 0 bridgehead atoms. The Labute approximate surface area is 103 Å². The van der Waals surface area contributed by atoms with Gasteiger partial charge in [0.25, 0.3) is 0 Å². The summed E-state index contributed by atoms with van der Waals surface area (Å²) in [5.41, 5.74) is 0.980. The summed E-state index contributed by atoms with van der Waals surface area (Å²) >= 11 is 0. The van der Waals surface area contributed by atoms with Crippen LogP contribution in [0.5, 0.6) is 11.5 Å². The summed E-state index contributed by atoms with van der Waals surface area (Å²) in [5.74, 6) is 1.79. The molecule has 0 heterocycles. The molecule has 2 atom stereocenters. The standard InChI is InChI=1S/C14H22O3/c1-9(2)14(15)10(3)12-8-11(16-4)6-7-13(12)17-5/h6-10,14-15H,1-5H3. The van der Waals surface area contributed by atoms with Gasteiger partial charge in [0.1, 0.15) is 11.5 Å². The van der Waals surface area contributed by atoms with Crippen LogP contribution in [-0.4, -0.2) is 25.4 Å². The van der Waals surface area contributed by atoms with Crippen LogP contribution < -0.4 is 9.47 Å². The van der Waals surface area contributed by atoms with Gasteiger partial charge in [0, 0.05) is 11.5 Å². The smallest absolute Gasteiger partial charge is 0.122 e. The summed E-state index contributed by atoms with van der Waals surface area (Å²) in [6.45, 7) is 6.02. The quantitative estimate of drug-likeness (QED) is 0.857. The molecular weight excluding hydrogens is 216 g/mol. The first-order valence-corrected chi connectivity index (χ1v) is 5.91. The van der Waals surface area contributed by atoms with E-state index in [1.54, 1.807) is 14.2 Å². The molecule has 1 N–H and O–H groups in total. The van der Waals surface area contributed by atoms with Gasteiger partial charge in [0.15, 0.2) is 0 Å². The van der Waals surface area contributed by atoms with Crippen LogP contribution in [-0.2, 0) is 0 Å². The van der Waals surface area contributed by atoms with Crippen molar-refractivity contribution in [1.82, 2.24) is 0 Å². The third-order valence-electron chi connectivity index (χ3n) is 3.12. The molecule has 1 rings (SSSR count). The number of hydrogen-bond donors (Lipinski definition) is 1. The number of methoxy groups -OCH3 is 2. The molecule has 0 spiro atoms. The summed E-state index contributed by atoms with van der Waals surface area (Å²) in [6, 6.07) is 5.66. The molecule has 0 aliphatic rings. The maximum absolute atomic E-state index is 10.1. The molecule has 96 valence electrons. The van der Waals surface area contributed by atoms with Gasteiger partial charge >= 0.3 is 0 Å². The predicted octanol–water partition coefficient (Wildman–Crippen LogP) is 2.82. The zero-order valence-electron chi connectivity index (χ0n) is 11.2. The third kappa shape index (κ3) is 3.13. The highest BCUT2D eigenvalue weighted by Crippen LogP contribution is 2.33. The van der Waals surface area contributed by atoms with E-state index in [0.717, 1.165) is 17.1 Å². The van der Waals surface area contributed by atoms with Crippen molar-refractivity contribution in [2.45, 2.75) is 32.8 Å². The SMILES string of the molecule is COc1ccc(OC)c(C(C)C(O)C(C)C)c1. The van der Waals surface area contributed by atoms with E-state index in [-0.39, 0.29) is 11.8 Å². The first-order valence-electron chi connectivity index (χ1n) is 5.91. The molecule has 3 heteroatoms. The van der Waals surface area contributed by atoms with Crippen LogP contribution in [0, 0.1) is 5.92 Å². The Hall–Kier alpha value is -1.22. The topological polar surface area (TPSA) is 38.7 Å². The lowest BCUT2D eigenvalue weighted by Gasteiger charge is -2.24. The molecule has 0 fully saturated rings. The van der Waals surface area contributed by atoms with E-state index in [2.05, 4.69) is 0 Å². The summed E-state index contributed by atoms with van der Waals surface area (Å²) in [6.07, 6.45) is -0.393. The second-order valence-electron chi connectivity index (χ2n) is 4.63. The van der Waals surface area contributed by atoms with Gasteiger partial charge in [0.05, 0.1) is 20.3 Å². The number of ether oxygens (including phenoxy) is 2. The highest BCUT2D eigenvalue weighted by atomic mass is 16.5. The van der Waals surface area contributed by atoms with E-state index in [4.69, 9.17) is 9.47 Å². The van der Waals surface area contributed by atoms with Crippen molar-refractivity contribution in [3.8, 4) is 11.5 Å². The molecule has 0 saturated heterocycles. The molecule has 0 amide bonds.